The molecular weight excluding hydrogens is 286 g/mol. The molecule has 3 radical (unpaired) electrons. The zero-order valence-electron chi connectivity index (χ0n) is 7.27. The van der Waals surface area contributed by atoms with Gasteiger partial charge < -0.3 is 0 Å². The van der Waals surface area contributed by atoms with Crippen molar-refractivity contribution in [3.63, 3.8) is 0 Å². The molecule has 0 aliphatic heterocycles. The Kier molecular flexibility index (Phi) is 28.9. The van der Waals surface area contributed by atoms with Crippen molar-refractivity contribution in [1.82, 2.24) is 0 Å². The predicted octanol–water partition coefficient (Wildman–Crippen LogP) is 3.78. The van der Waals surface area contributed by atoms with Crippen molar-refractivity contribution < 1.29 is 0 Å². The van der Waals surface area contributed by atoms with Crippen LogP contribution in [0.4, 0.5) is 0 Å². The number of hydrogen-bond donors (Lipinski definition) is 0. The summed E-state index contributed by atoms with van der Waals surface area (Å²) < 4.78 is 1.46. The molecule has 0 heterocycles. The van der Waals surface area contributed by atoms with Crippen LogP contribution in [0.2, 0.25) is 4.44 Å². The molecule has 0 rings (SSSR count). The smallest absolute Gasteiger partial charge is 0.147 e. The third-order valence-electron chi connectivity index (χ3n) is 1.53. The van der Waals surface area contributed by atoms with Crippen LogP contribution >= 0.6 is 24.8 Å². The van der Waals surface area contributed by atoms with Crippen LogP contribution in [0.25, 0.3) is 0 Å². The molecule has 0 aliphatic carbocycles. The standard InChI is InChI=1S/C8H17.2ClH.Sn/c1-3-5-7-8-6-4-2;;;/h1,3-8H2,2H3;2*1H;. The van der Waals surface area contributed by atoms with Crippen molar-refractivity contribution in [2.24, 2.45) is 0 Å². The van der Waals surface area contributed by atoms with Crippen molar-refractivity contribution in [1.29, 1.82) is 0 Å². The van der Waals surface area contributed by atoms with Gasteiger partial charge in [-0.05, 0) is 0 Å². The molecule has 0 spiro atoms. The summed E-state index contributed by atoms with van der Waals surface area (Å²) in [5, 5.41) is 0. The van der Waals surface area contributed by atoms with E-state index >= 15 is 0 Å². The van der Waals surface area contributed by atoms with E-state index in [0.29, 0.717) is 0 Å². The van der Waals surface area contributed by atoms with Crippen molar-refractivity contribution in [2.45, 2.75) is 49.9 Å². The fourth-order valence-corrected chi connectivity index (χ4v) is 1.62. The molecule has 0 amide bonds. The summed E-state index contributed by atoms with van der Waals surface area (Å²) in [4.78, 5) is 0. The van der Waals surface area contributed by atoms with Gasteiger partial charge in [0.25, 0.3) is 0 Å². The minimum Gasteiger partial charge on any atom is -0.147 e. The van der Waals surface area contributed by atoms with E-state index in [1.54, 1.807) is 22.5 Å². The summed E-state index contributed by atoms with van der Waals surface area (Å²) in [7, 11) is 0. The van der Waals surface area contributed by atoms with Gasteiger partial charge in [-0.15, -0.1) is 24.8 Å². The molecule has 11 heavy (non-hydrogen) atoms. The van der Waals surface area contributed by atoms with E-state index < -0.39 is 0 Å². The summed E-state index contributed by atoms with van der Waals surface area (Å²) in [6, 6.07) is 0. The summed E-state index contributed by atoms with van der Waals surface area (Å²) in [6.45, 7) is 2.27. The average molecular weight is 305 g/mol. The number of halogens is 2. The van der Waals surface area contributed by atoms with Crippen LogP contribution in [0.1, 0.15) is 45.4 Å². The number of rotatable bonds is 6. The van der Waals surface area contributed by atoms with Gasteiger partial charge in [-0.3, -0.25) is 0 Å². The molecule has 0 atom stereocenters. The fourth-order valence-electron chi connectivity index (χ4n) is 0.905. The first-order valence-corrected chi connectivity index (χ1v) is 6.08. The molecule has 0 nitrogen and oxygen atoms in total. The monoisotopic (exact) mass is 305 g/mol. The molecule has 3 heteroatoms. The Morgan fingerprint density at radius 3 is 1.73 bits per heavy atom. The topological polar surface area (TPSA) is 0 Å². The SMILES string of the molecule is CCCCCCC[CH2][Sn].Cl.Cl. The zero-order chi connectivity index (χ0) is 6.95. The first-order chi connectivity index (χ1) is 4.41. The van der Waals surface area contributed by atoms with Crippen LogP contribution in [-0.4, -0.2) is 22.5 Å². The molecule has 0 aliphatic rings. The van der Waals surface area contributed by atoms with Crippen molar-refractivity contribution in [2.75, 3.05) is 0 Å². The molecule has 0 N–H and O–H groups in total. The molecule has 0 bridgehead atoms. The van der Waals surface area contributed by atoms with Gasteiger partial charge in [-0.1, -0.05) is 0 Å². The maximum absolute atomic E-state index is 2.27. The van der Waals surface area contributed by atoms with E-state index in [9.17, 15) is 0 Å². The average Bonchev–Trinajstić information content (AvgIpc) is 1.89. The fraction of sp³-hybridized carbons (Fsp3) is 1.00. The molecule has 0 aromatic carbocycles. The van der Waals surface area contributed by atoms with E-state index in [-0.39, 0.29) is 24.8 Å². The van der Waals surface area contributed by atoms with E-state index in [0.717, 1.165) is 0 Å². The molecule has 0 unspecified atom stereocenters. The Labute approximate surface area is 96.8 Å². The second-order valence-electron chi connectivity index (χ2n) is 2.52. The van der Waals surface area contributed by atoms with Crippen LogP contribution in [0.15, 0.2) is 0 Å². The van der Waals surface area contributed by atoms with Gasteiger partial charge in [0.15, 0.2) is 0 Å². The van der Waals surface area contributed by atoms with Gasteiger partial charge in [-0.25, -0.2) is 0 Å². The van der Waals surface area contributed by atoms with Crippen LogP contribution < -0.4 is 0 Å². The van der Waals surface area contributed by atoms with Crippen molar-refractivity contribution in [3.05, 3.63) is 0 Å². The molecule has 69 valence electrons. The Hall–Kier alpha value is 1.38. The summed E-state index contributed by atoms with van der Waals surface area (Å²) in [5.41, 5.74) is 0. The van der Waals surface area contributed by atoms with Crippen LogP contribution in [0, 0.1) is 0 Å². The Morgan fingerprint density at radius 2 is 1.27 bits per heavy atom. The van der Waals surface area contributed by atoms with E-state index in [2.05, 4.69) is 6.92 Å². The first-order valence-electron chi connectivity index (χ1n) is 4.06. The van der Waals surface area contributed by atoms with Gasteiger partial charge in [-0.2, -0.15) is 0 Å². The third kappa shape index (κ3) is 18.4. The number of hydrogen-bond acceptors (Lipinski definition) is 0. The van der Waals surface area contributed by atoms with Crippen molar-refractivity contribution >= 4 is 47.3 Å². The summed E-state index contributed by atoms with van der Waals surface area (Å²) in [6.07, 6.45) is 8.71. The molecule has 0 fully saturated rings. The van der Waals surface area contributed by atoms with E-state index in [1.165, 1.54) is 43.0 Å². The predicted molar refractivity (Wildman–Crippen MR) is 58.4 cm³/mol. The largest absolute Gasteiger partial charge is 0.147 e. The quantitative estimate of drug-likeness (QED) is 0.517. The second-order valence-corrected chi connectivity index (χ2v) is 3.94. The van der Waals surface area contributed by atoms with Crippen LogP contribution in [-0.2, 0) is 0 Å². The maximum atomic E-state index is 2.27. The summed E-state index contributed by atoms with van der Waals surface area (Å²) in [5.74, 6) is 0. The van der Waals surface area contributed by atoms with Gasteiger partial charge >= 0.3 is 72.4 Å². The Bertz CT molecular complexity index is 45.4. The van der Waals surface area contributed by atoms with E-state index in [4.69, 9.17) is 0 Å². The second kappa shape index (κ2) is 17.5. The molecular formula is C8H19Cl2Sn. The Balaban J connectivity index is -0.000000320. The van der Waals surface area contributed by atoms with Gasteiger partial charge in [0.2, 0.25) is 0 Å². The van der Waals surface area contributed by atoms with Crippen LogP contribution in [0.3, 0.4) is 0 Å². The zero-order valence-corrected chi connectivity index (χ0v) is 11.8. The molecule has 0 saturated heterocycles. The first kappa shape index (κ1) is 18.2. The third-order valence-corrected chi connectivity index (χ3v) is 2.54. The van der Waals surface area contributed by atoms with Gasteiger partial charge in [0, 0.05) is 0 Å². The normalized spacial score (nSPS) is 8.18. The Morgan fingerprint density at radius 1 is 0.818 bits per heavy atom. The van der Waals surface area contributed by atoms with Crippen LogP contribution in [0.5, 0.6) is 0 Å². The van der Waals surface area contributed by atoms with E-state index in [1.807, 2.05) is 0 Å². The molecule has 0 saturated carbocycles. The molecule has 0 aromatic rings. The maximum Gasteiger partial charge on any atom is -0.147 e. The molecule has 0 aromatic heterocycles. The van der Waals surface area contributed by atoms with Gasteiger partial charge in [0.1, 0.15) is 0 Å². The van der Waals surface area contributed by atoms with Gasteiger partial charge in [0.05, 0.1) is 0 Å². The minimum absolute atomic E-state index is 0. The minimum atomic E-state index is 0. The van der Waals surface area contributed by atoms with Crippen molar-refractivity contribution in [3.8, 4) is 0 Å². The number of unbranched alkanes of at least 4 members (excludes halogenated alkanes) is 5. The summed E-state index contributed by atoms with van der Waals surface area (Å²) >= 11 is 1.71.